The third kappa shape index (κ3) is 12.2. The zero-order valence-electron chi connectivity index (χ0n) is 16.4. The Labute approximate surface area is 173 Å². The number of alkyl halides is 3. The third-order valence-corrected chi connectivity index (χ3v) is 4.10. The molecular formula is C17H35F3IN5. The molecule has 156 valence electrons. The van der Waals surface area contributed by atoms with Crippen LogP contribution in [0.25, 0.3) is 0 Å². The van der Waals surface area contributed by atoms with Gasteiger partial charge < -0.3 is 15.5 Å². The highest BCUT2D eigenvalue weighted by Gasteiger charge is 2.28. The van der Waals surface area contributed by atoms with Crippen molar-refractivity contribution in [1.82, 2.24) is 20.4 Å². The van der Waals surface area contributed by atoms with Gasteiger partial charge >= 0.3 is 6.18 Å². The maximum atomic E-state index is 12.3. The number of aliphatic imine (C=N–C) groups is 1. The van der Waals surface area contributed by atoms with Gasteiger partial charge in [-0.05, 0) is 32.7 Å². The summed E-state index contributed by atoms with van der Waals surface area (Å²) in [4.78, 5) is 8.15. The fourth-order valence-electron chi connectivity index (χ4n) is 3.01. The second-order valence-electron chi connectivity index (χ2n) is 7.23. The van der Waals surface area contributed by atoms with Gasteiger partial charge in [-0.1, -0.05) is 13.8 Å². The van der Waals surface area contributed by atoms with Gasteiger partial charge in [0.15, 0.2) is 5.96 Å². The largest absolute Gasteiger partial charge is 0.401 e. The first-order chi connectivity index (χ1) is 11.7. The number of hydrogen-bond acceptors (Lipinski definition) is 3. The Morgan fingerprint density at radius 3 is 2.38 bits per heavy atom. The molecule has 1 saturated heterocycles. The Morgan fingerprint density at radius 2 is 1.88 bits per heavy atom. The first kappa shape index (κ1) is 25.7. The molecule has 26 heavy (non-hydrogen) atoms. The molecule has 0 saturated carbocycles. The molecule has 0 aromatic heterocycles. The molecule has 1 aliphatic heterocycles. The molecule has 5 nitrogen and oxygen atoms in total. The van der Waals surface area contributed by atoms with Gasteiger partial charge in [0.1, 0.15) is 0 Å². The van der Waals surface area contributed by atoms with Crippen molar-refractivity contribution in [3.8, 4) is 0 Å². The Kier molecular flexibility index (Phi) is 12.8. The lowest BCUT2D eigenvalue weighted by Gasteiger charge is -2.34. The van der Waals surface area contributed by atoms with Crippen LogP contribution in [0, 0.1) is 5.92 Å². The summed E-state index contributed by atoms with van der Waals surface area (Å²) in [5.74, 6) is 1.38. The van der Waals surface area contributed by atoms with E-state index in [9.17, 15) is 13.2 Å². The van der Waals surface area contributed by atoms with Crippen LogP contribution in [0.2, 0.25) is 0 Å². The molecule has 0 bridgehead atoms. The lowest BCUT2D eigenvalue weighted by molar-refractivity contribution is -0.142. The summed E-state index contributed by atoms with van der Waals surface area (Å²) in [5.41, 5.74) is 0. The first-order valence-electron chi connectivity index (χ1n) is 9.22. The van der Waals surface area contributed by atoms with Crippen LogP contribution in [0.5, 0.6) is 0 Å². The third-order valence-electron chi connectivity index (χ3n) is 4.10. The number of rotatable bonds is 8. The van der Waals surface area contributed by atoms with Crippen molar-refractivity contribution in [2.24, 2.45) is 10.9 Å². The minimum Gasteiger partial charge on any atom is -0.357 e. The van der Waals surface area contributed by atoms with Crippen molar-refractivity contribution in [1.29, 1.82) is 0 Å². The maximum Gasteiger partial charge on any atom is 0.401 e. The van der Waals surface area contributed by atoms with Crippen molar-refractivity contribution in [2.45, 2.75) is 45.8 Å². The average molecular weight is 493 g/mol. The van der Waals surface area contributed by atoms with Crippen molar-refractivity contribution in [3.63, 3.8) is 0 Å². The number of likely N-dealkylation sites (N-methyl/N-ethyl adjacent to an activating group) is 1. The molecule has 0 radical (unpaired) electrons. The molecule has 1 heterocycles. The van der Waals surface area contributed by atoms with Crippen LogP contribution in [-0.4, -0.2) is 80.8 Å². The molecule has 0 atom stereocenters. The summed E-state index contributed by atoms with van der Waals surface area (Å²) in [6.07, 6.45) is -2.04. The molecule has 1 aliphatic rings. The number of hydrogen-bond donors (Lipinski definition) is 2. The summed E-state index contributed by atoms with van der Waals surface area (Å²) >= 11 is 0. The normalized spacial score (nSPS) is 17.5. The number of nitrogens with one attached hydrogen (secondary N) is 2. The summed E-state index contributed by atoms with van der Waals surface area (Å²) in [7, 11) is 1.47. The molecular weight excluding hydrogens is 458 g/mol. The van der Waals surface area contributed by atoms with Crippen LogP contribution >= 0.6 is 24.0 Å². The number of nitrogens with zero attached hydrogens (tertiary/aromatic N) is 3. The molecule has 2 N–H and O–H groups in total. The van der Waals surface area contributed by atoms with Crippen LogP contribution in [0.3, 0.4) is 0 Å². The zero-order valence-corrected chi connectivity index (χ0v) is 18.7. The van der Waals surface area contributed by atoms with Crippen molar-refractivity contribution in [2.75, 3.05) is 52.9 Å². The van der Waals surface area contributed by atoms with Crippen molar-refractivity contribution in [3.05, 3.63) is 0 Å². The molecule has 0 aromatic carbocycles. The van der Waals surface area contributed by atoms with Crippen LogP contribution in [0.15, 0.2) is 4.99 Å². The Hall–Kier alpha value is -0.290. The van der Waals surface area contributed by atoms with Crippen LogP contribution in [0.4, 0.5) is 13.2 Å². The quantitative estimate of drug-likeness (QED) is 0.310. The maximum absolute atomic E-state index is 12.3. The van der Waals surface area contributed by atoms with Gasteiger partial charge in [-0.15, -0.1) is 24.0 Å². The predicted octanol–water partition coefficient (Wildman–Crippen LogP) is 2.77. The number of likely N-dealkylation sites (tertiary alicyclic amines) is 1. The van der Waals surface area contributed by atoms with E-state index in [-0.39, 0.29) is 30.5 Å². The Balaban J connectivity index is 0.00000625. The highest BCUT2D eigenvalue weighted by Crippen LogP contribution is 2.15. The summed E-state index contributed by atoms with van der Waals surface area (Å²) in [6, 6.07) is 0.370. The minimum atomic E-state index is -4.16. The SMILES string of the molecule is CCNC(=NCCN(C)CC(F)(F)F)NC1CCN(CC(C)C)CC1.I. The Morgan fingerprint density at radius 1 is 1.27 bits per heavy atom. The molecule has 1 rings (SSSR count). The topological polar surface area (TPSA) is 42.9 Å². The summed E-state index contributed by atoms with van der Waals surface area (Å²) in [5, 5.41) is 6.60. The summed E-state index contributed by atoms with van der Waals surface area (Å²) < 4.78 is 37.0. The van der Waals surface area contributed by atoms with Crippen LogP contribution < -0.4 is 10.6 Å². The van der Waals surface area contributed by atoms with Gasteiger partial charge in [0, 0.05) is 38.8 Å². The van der Waals surface area contributed by atoms with E-state index < -0.39 is 12.7 Å². The standard InChI is InChI=1S/C17H34F3N5.HI/c1-5-21-16(22-8-11-24(4)13-17(18,19)20)23-15-6-9-25(10-7-15)12-14(2)3;/h14-15H,5-13H2,1-4H3,(H2,21,22,23);1H. The molecule has 0 amide bonds. The van der Waals surface area contributed by atoms with E-state index in [4.69, 9.17) is 0 Å². The second kappa shape index (κ2) is 13.0. The molecule has 9 heteroatoms. The molecule has 1 fully saturated rings. The number of piperidine rings is 1. The first-order valence-corrected chi connectivity index (χ1v) is 9.22. The number of guanidine groups is 1. The second-order valence-corrected chi connectivity index (χ2v) is 7.23. The fourth-order valence-corrected chi connectivity index (χ4v) is 3.01. The van der Waals surface area contributed by atoms with E-state index in [1.807, 2.05) is 6.92 Å². The molecule has 0 spiro atoms. The van der Waals surface area contributed by atoms with E-state index in [2.05, 4.69) is 34.4 Å². The highest BCUT2D eigenvalue weighted by atomic mass is 127. The smallest absolute Gasteiger partial charge is 0.357 e. The van der Waals surface area contributed by atoms with Gasteiger partial charge in [-0.25, -0.2) is 0 Å². The van der Waals surface area contributed by atoms with Gasteiger partial charge in [0.05, 0.1) is 13.1 Å². The van der Waals surface area contributed by atoms with E-state index in [1.165, 1.54) is 11.9 Å². The van der Waals surface area contributed by atoms with Gasteiger partial charge in [0.2, 0.25) is 0 Å². The highest BCUT2D eigenvalue weighted by molar-refractivity contribution is 14.0. The number of halogens is 4. The predicted molar refractivity (Wildman–Crippen MR) is 112 cm³/mol. The molecule has 0 unspecified atom stereocenters. The van der Waals surface area contributed by atoms with Gasteiger partial charge in [-0.2, -0.15) is 13.2 Å². The van der Waals surface area contributed by atoms with E-state index in [0.717, 1.165) is 39.0 Å². The van der Waals surface area contributed by atoms with E-state index >= 15 is 0 Å². The lowest BCUT2D eigenvalue weighted by Crippen LogP contribution is -2.49. The molecule has 0 aliphatic carbocycles. The van der Waals surface area contributed by atoms with Crippen LogP contribution in [0.1, 0.15) is 33.6 Å². The average Bonchev–Trinajstić information content (AvgIpc) is 2.47. The monoisotopic (exact) mass is 493 g/mol. The van der Waals surface area contributed by atoms with Gasteiger partial charge in [0.25, 0.3) is 0 Å². The molecule has 0 aromatic rings. The lowest BCUT2D eigenvalue weighted by atomic mass is 10.0. The van der Waals surface area contributed by atoms with E-state index in [0.29, 0.717) is 24.5 Å². The fraction of sp³-hybridized carbons (Fsp3) is 0.941. The van der Waals surface area contributed by atoms with Crippen molar-refractivity contribution < 1.29 is 13.2 Å². The summed E-state index contributed by atoms with van der Waals surface area (Å²) in [6.45, 7) is 10.2. The van der Waals surface area contributed by atoms with Gasteiger partial charge in [-0.3, -0.25) is 9.89 Å². The van der Waals surface area contributed by atoms with Crippen molar-refractivity contribution >= 4 is 29.9 Å². The minimum absolute atomic E-state index is 0. The Bertz CT molecular complexity index is 396. The van der Waals surface area contributed by atoms with E-state index in [1.54, 1.807) is 0 Å². The van der Waals surface area contributed by atoms with Crippen LogP contribution in [-0.2, 0) is 0 Å². The zero-order chi connectivity index (χ0) is 18.9.